The Bertz CT molecular complexity index is 658. The van der Waals surface area contributed by atoms with Crippen molar-refractivity contribution in [2.24, 2.45) is 7.05 Å². The van der Waals surface area contributed by atoms with Gasteiger partial charge in [0.2, 0.25) is 5.91 Å². The van der Waals surface area contributed by atoms with Gasteiger partial charge in [-0.05, 0) is 25.5 Å². The first-order valence-electron chi connectivity index (χ1n) is 8.20. The molecular weight excluding hydrogens is 324 g/mol. The number of hydrogen-bond acceptors (Lipinski definition) is 3. The highest BCUT2D eigenvalue weighted by Gasteiger charge is 2.31. The van der Waals surface area contributed by atoms with Crippen LogP contribution in [-0.2, 0) is 11.8 Å². The SMILES string of the molecule is CNC(C(=O)NC1CCCC1c1ccccc1)c1cnn(C)c1.Cl. The Balaban J connectivity index is 0.00000208. The number of benzene rings is 1. The van der Waals surface area contributed by atoms with E-state index in [2.05, 4.69) is 40.0 Å². The molecule has 0 aliphatic heterocycles. The summed E-state index contributed by atoms with van der Waals surface area (Å²) >= 11 is 0. The number of nitrogens with zero attached hydrogens (tertiary/aromatic N) is 2. The van der Waals surface area contributed by atoms with E-state index in [1.807, 2.05) is 19.3 Å². The lowest BCUT2D eigenvalue weighted by atomic mass is 9.94. The number of aryl methyl sites for hydroxylation is 1. The fourth-order valence-electron chi connectivity index (χ4n) is 3.54. The molecule has 2 aromatic rings. The number of halogens is 1. The predicted octanol–water partition coefficient (Wildman–Crippen LogP) is 2.55. The molecule has 1 aromatic carbocycles. The van der Waals surface area contributed by atoms with Crippen molar-refractivity contribution >= 4 is 18.3 Å². The molecular formula is C18H25ClN4O. The summed E-state index contributed by atoms with van der Waals surface area (Å²) in [5, 5.41) is 10.5. The Morgan fingerprint density at radius 3 is 2.67 bits per heavy atom. The van der Waals surface area contributed by atoms with Gasteiger partial charge < -0.3 is 10.6 Å². The zero-order chi connectivity index (χ0) is 16.2. The molecule has 1 heterocycles. The first-order chi connectivity index (χ1) is 11.2. The number of amides is 1. The summed E-state index contributed by atoms with van der Waals surface area (Å²) in [4.78, 5) is 12.7. The number of carbonyl (C=O) groups excluding carboxylic acids is 1. The number of nitrogens with one attached hydrogen (secondary N) is 2. The number of aromatic nitrogens is 2. The summed E-state index contributed by atoms with van der Waals surface area (Å²) in [7, 11) is 3.66. The molecule has 5 nitrogen and oxygen atoms in total. The molecule has 6 heteroatoms. The first-order valence-corrected chi connectivity index (χ1v) is 8.20. The Morgan fingerprint density at radius 1 is 1.29 bits per heavy atom. The van der Waals surface area contributed by atoms with Crippen molar-refractivity contribution in [3.63, 3.8) is 0 Å². The van der Waals surface area contributed by atoms with Crippen molar-refractivity contribution in [1.82, 2.24) is 20.4 Å². The summed E-state index contributed by atoms with van der Waals surface area (Å²) in [6, 6.07) is 10.3. The monoisotopic (exact) mass is 348 g/mol. The molecule has 1 aliphatic carbocycles. The number of hydrogen-bond donors (Lipinski definition) is 2. The predicted molar refractivity (Wildman–Crippen MR) is 97.2 cm³/mol. The second-order valence-electron chi connectivity index (χ2n) is 6.23. The van der Waals surface area contributed by atoms with Gasteiger partial charge in [-0.2, -0.15) is 5.10 Å². The minimum Gasteiger partial charge on any atom is -0.351 e. The summed E-state index contributed by atoms with van der Waals surface area (Å²) in [5.74, 6) is 0.430. The maximum Gasteiger partial charge on any atom is 0.242 e. The van der Waals surface area contributed by atoms with Gasteiger partial charge in [0.05, 0.1) is 6.20 Å². The third-order valence-electron chi connectivity index (χ3n) is 4.68. The van der Waals surface area contributed by atoms with Gasteiger partial charge in [-0.1, -0.05) is 36.8 Å². The van der Waals surface area contributed by atoms with Crippen LogP contribution in [0.1, 0.15) is 42.3 Å². The van der Waals surface area contributed by atoms with Crippen LogP contribution >= 0.6 is 12.4 Å². The van der Waals surface area contributed by atoms with Crippen molar-refractivity contribution in [2.75, 3.05) is 7.05 Å². The highest BCUT2D eigenvalue weighted by Crippen LogP contribution is 2.34. The molecule has 3 rings (SSSR count). The molecule has 130 valence electrons. The quantitative estimate of drug-likeness (QED) is 0.873. The lowest BCUT2D eigenvalue weighted by Crippen LogP contribution is -2.42. The highest BCUT2D eigenvalue weighted by molar-refractivity contribution is 5.85. The van der Waals surface area contributed by atoms with Crippen LogP contribution in [0.25, 0.3) is 0 Å². The molecule has 0 bridgehead atoms. The molecule has 1 aliphatic rings. The number of carbonyl (C=O) groups is 1. The van der Waals surface area contributed by atoms with Crippen LogP contribution in [0.15, 0.2) is 42.7 Å². The zero-order valence-corrected chi connectivity index (χ0v) is 14.9. The molecule has 1 saturated carbocycles. The highest BCUT2D eigenvalue weighted by atomic mass is 35.5. The van der Waals surface area contributed by atoms with E-state index in [-0.39, 0.29) is 30.4 Å². The largest absolute Gasteiger partial charge is 0.351 e. The van der Waals surface area contributed by atoms with E-state index in [4.69, 9.17) is 0 Å². The van der Waals surface area contributed by atoms with E-state index in [0.717, 1.165) is 24.8 Å². The van der Waals surface area contributed by atoms with E-state index in [1.54, 1.807) is 17.9 Å². The Kier molecular flexibility index (Phi) is 6.40. The summed E-state index contributed by atoms with van der Waals surface area (Å²) in [6.45, 7) is 0. The summed E-state index contributed by atoms with van der Waals surface area (Å²) in [6.07, 6.45) is 6.94. The van der Waals surface area contributed by atoms with Crippen molar-refractivity contribution in [2.45, 2.75) is 37.3 Å². The third kappa shape index (κ3) is 3.97. The minimum absolute atomic E-state index is 0. The number of rotatable bonds is 5. The molecule has 0 saturated heterocycles. The fourth-order valence-corrected chi connectivity index (χ4v) is 3.54. The van der Waals surface area contributed by atoms with Crippen LogP contribution in [0.4, 0.5) is 0 Å². The van der Waals surface area contributed by atoms with E-state index in [9.17, 15) is 4.79 Å². The van der Waals surface area contributed by atoms with Crippen molar-refractivity contribution in [3.8, 4) is 0 Å². The van der Waals surface area contributed by atoms with Crippen LogP contribution in [0.3, 0.4) is 0 Å². The molecule has 0 radical (unpaired) electrons. The average molecular weight is 349 g/mol. The van der Waals surface area contributed by atoms with Crippen molar-refractivity contribution < 1.29 is 4.79 Å². The topological polar surface area (TPSA) is 59.0 Å². The van der Waals surface area contributed by atoms with Gasteiger partial charge in [-0.25, -0.2) is 0 Å². The van der Waals surface area contributed by atoms with Crippen LogP contribution in [-0.4, -0.2) is 28.8 Å². The zero-order valence-electron chi connectivity index (χ0n) is 14.1. The lowest BCUT2D eigenvalue weighted by Gasteiger charge is -2.24. The van der Waals surface area contributed by atoms with E-state index < -0.39 is 0 Å². The Labute approximate surface area is 149 Å². The standard InChI is InChI=1S/C18H24N4O.ClH/c1-19-17(14-11-20-22(2)12-14)18(23)21-16-10-6-9-15(16)13-7-4-3-5-8-13;/h3-5,7-8,11-12,15-17,19H,6,9-10H2,1-2H3,(H,21,23);1H. The van der Waals surface area contributed by atoms with Crippen molar-refractivity contribution in [3.05, 3.63) is 53.9 Å². The maximum atomic E-state index is 12.7. The molecule has 0 spiro atoms. The van der Waals surface area contributed by atoms with E-state index in [0.29, 0.717) is 5.92 Å². The van der Waals surface area contributed by atoms with Gasteiger partial charge in [0, 0.05) is 30.8 Å². The normalized spacial score (nSPS) is 21.1. The molecule has 3 atom stereocenters. The van der Waals surface area contributed by atoms with Gasteiger partial charge in [0.15, 0.2) is 0 Å². The molecule has 3 unspecified atom stereocenters. The van der Waals surface area contributed by atoms with E-state index >= 15 is 0 Å². The fraction of sp³-hybridized carbons (Fsp3) is 0.444. The second kappa shape index (κ2) is 8.31. The third-order valence-corrected chi connectivity index (χ3v) is 4.68. The first kappa shape index (κ1) is 18.5. The molecule has 1 amide bonds. The second-order valence-corrected chi connectivity index (χ2v) is 6.23. The lowest BCUT2D eigenvalue weighted by molar-refractivity contribution is -0.124. The molecule has 1 aromatic heterocycles. The van der Waals surface area contributed by atoms with Crippen LogP contribution < -0.4 is 10.6 Å². The average Bonchev–Trinajstić information content (AvgIpc) is 3.18. The van der Waals surface area contributed by atoms with Gasteiger partial charge in [0.1, 0.15) is 6.04 Å². The van der Waals surface area contributed by atoms with Crippen LogP contribution in [0, 0.1) is 0 Å². The van der Waals surface area contributed by atoms with E-state index in [1.165, 1.54) is 5.56 Å². The van der Waals surface area contributed by atoms with Gasteiger partial charge in [-0.15, -0.1) is 12.4 Å². The smallest absolute Gasteiger partial charge is 0.242 e. The molecule has 2 N–H and O–H groups in total. The molecule has 1 fully saturated rings. The minimum atomic E-state index is -0.360. The van der Waals surface area contributed by atoms with Crippen molar-refractivity contribution in [1.29, 1.82) is 0 Å². The van der Waals surface area contributed by atoms with Gasteiger partial charge in [0.25, 0.3) is 0 Å². The van der Waals surface area contributed by atoms with Crippen LogP contribution in [0.2, 0.25) is 0 Å². The van der Waals surface area contributed by atoms with Crippen LogP contribution in [0.5, 0.6) is 0 Å². The van der Waals surface area contributed by atoms with Gasteiger partial charge >= 0.3 is 0 Å². The maximum absolute atomic E-state index is 12.7. The number of likely N-dealkylation sites (N-methyl/N-ethyl adjacent to an activating group) is 1. The molecule has 24 heavy (non-hydrogen) atoms. The van der Waals surface area contributed by atoms with Gasteiger partial charge in [-0.3, -0.25) is 9.48 Å². The summed E-state index contributed by atoms with van der Waals surface area (Å²) < 4.78 is 1.72. The Hall–Kier alpha value is -1.85. The Morgan fingerprint density at radius 2 is 2.04 bits per heavy atom. The summed E-state index contributed by atoms with van der Waals surface area (Å²) in [5.41, 5.74) is 2.21.